The first-order valence-corrected chi connectivity index (χ1v) is 7.46. The summed E-state index contributed by atoms with van der Waals surface area (Å²) in [5.74, 6) is -1.81. The molecule has 0 aromatic heterocycles. The predicted octanol–water partition coefficient (Wildman–Crippen LogP) is 1.73. The van der Waals surface area contributed by atoms with Gasteiger partial charge in [-0.05, 0) is 29.8 Å². The van der Waals surface area contributed by atoms with E-state index in [2.05, 4.69) is 5.32 Å². The second kappa shape index (κ2) is 7.97. The fourth-order valence-electron chi connectivity index (χ4n) is 2.26. The highest BCUT2D eigenvalue weighted by atomic mass is 16.6. The Morgan fingerprint density at radius 3 is 2.42 bits per heavy atom. The summed E-state index contributed by atoms with van der Waals surface area (Å²) in [4.78, 5) is 33.7. The number of nitro benzene ring substituents is 1. The molecule has 0 aliphatic rings. The Bertz CT molecular complexity index is 834. The fourth-order valence-corrected chi connectivity index (χ4v) is 2.26. The molecule has 2 aromatic rings. The minimum atomic E-state index is -1.24. The molecule has 0 saturated carbocycles. The number of non-ortho nitro benzene ring substituents is 1. The average molecular weight is 360 g/mol. The zero-order valence-corrected chi connectivity index (χ0v) is 13.7. The lowest BCUT2D eigenvalue weighted by Gasteiger charge is -2.15. The van der Waals surface area contributed by atoms with Crippen LogP contribution in [0.2, 0.25) is 0 Å². The largest absolute Gasteiger partial charge is 0.504 e. The van der Waals surface area contributed by atoms with Gasteiger partial charge in [0, 0.05) is 24.1 Å². The van der Waals surface area contributed by atoms with E-state index in [9.17, 15) is 29.9 Å². The van der Waals surface area contributed by atoms with E-state index in [4.69, 9.17) is 4.74 Å². The number of aromatic hydroxyl groups is 1. The molecule has 1 atom stereocenters. The third-order valence-corrected chi connectivity index (χ3v) is 3.63. The molecule has 26 heavy (non-hydrogen) atoms. The Morgan fingerprint density at radius 1 is 1.23 bits per heavy atom. The first kappa shape index (κ1) is 18.7. The number of hydrogen-bond acceptors (Lipinski definition) is 6. The van der Waals surface area contributed by atoms with Gasteiger partial charge in [-0.25, -0.2) is 4.79 Å². The summed E-state index contributed by atoms with van der Waals surface area (Å²) in [6, 6.07) is 7.95. The van der Waals surface area contributed by atoms with Gasteiger partial charge < -0.3 is 20.3 Å². The molecule has 136 valence electrons. The summed E-state index contributed by atoms with van der Waals surface area (Å²) in [5.41, 5.74) is 0.466. The van der Waals surface area contributed by atoms with E-state index in [-0.39, 0.29) is 29.2 Å². The van der Waals surface area contributed by atoms with Gasteiger partial charge in [0.15, 0.2) is 11.5 Å². The molecule has 0 radical (unpaired) electrons. The van der Waals surface area contributed by atoms with Gasteiger partial charge in [-0.15, -0.1) is 0 Å². The van der Waals surface area contributed by atoms with Crippen LogP contribution in [0.15, 0.2) is 42.5 Å². The molecule has 0 aliphatic heterocycles. The number of carbonyl (C=O) groups excluding carboxylic acids is 1. The number of carbonyl (C=O) groups is 2. The van der Waals surface area contributed by atoms with Crippen LogP contribution in [0.5, 0.6) is 11.5 Å². The number of hydrogen-bond donors (Lipinski definition) is 3. The van der Waals surface area contributed by atoms with E-state index in [0.29, 0.717) is 5.56 Å². The fraction of sp³-hybridized carbons (Fsp3) is 0.176. The lowest BCUT2D eigenvalue weighted by atomic mass is 10.0. The van der Waals surface area contributed by atoms with Crippen LogP contribution in [0, 0.1) is 10.1 Å². The highest BCUT2D eigenvalue weighted by molar-refractivity contribution is 5.96. The van der Waals surface area contributed by atoms with Crippen molar-refractivity contribution in [2.45, 2.75) is 12.5 Å². The third kappa shape index (κ3) is 4.47. The Hall–Kier alpha value is -3.62. The molecule has 2 rings (SSSR count). The number of carboxylic acid groups (broad SMARTS) is 1. The third-order valence-electron chi connectivity index (χ3n) is 3.63. The van der Waals surface area contributed by atoms with Gasteiger partial charge in [0.25, 0.3) is 11.6 Å². The van der Waals surface area contributed by atoms with Gasteiger partial charge in [0.2, 0.25) is 0 Å². The molecule has 1 unspecified atom stereocenters. The van der Waals surface area contributed by atoms with Crippen molar-refractivity contribution in [3.8, 4) is 11.5 Å². The van der Waals surface area contributed by atoms with E-state index in [0.717, 1.165) is 12.1 Å². The van der Waals surface area contributed by atoms with Crippen LogP contribution in [0.1, 0.15) is 15.9 Å². The number of carboxylic acids is 1. The van der Waals surface area contributed by atoms with Crippen molar-refractivity contribution in [3.05, 3.63) is 63.7 Å². The summed E-state index contributed by atoms with van der Waals surface area (Å²) in [6.45, 7) is 0. The van der Waals surface area contributed by atoms with Gasteiger partial charge in [-0.1, -0.05) is 6.07 Å². The van der Waals surface area contributed by atoms with Crippen LogP contribution in [-0.4, -0.2) is 40.2 Å². The summed E-state index contributed by atoms with van der Waals surface area (Å²) in [7, 11) is 1.36. The van der Waals surface area contributed by atoms with Gasteiger partial charge in [0.1, 0.15) is 6.04 Å². The van der Waals surface area contributed by atoms with Gasteiger partial charge in [-0.3, -0.25) is 14.9 Å². The SMILES string of the molecule is COc1cc(CC(NC(=O)c2ccc([N+](=O)[O-])cc2)C(=O)O)ccc1O. The van der Waals surface area contributed by atoms with Crippen molar-refractivity contribution in [3.63, 3.8) is 0 Å². The maximum Gasteiger partial charge on any atom is 0.326 e. The molecular weight excluding hydrogens is 344 g/mol. The van der Waals surface area contributed by atoms with E-state index in [1.807, 2.05) is 0 Å². The lowest BCUT2D eigenvalue weighted by molar-refractivity contribution is -0.384. The van der Waals surface area contributed by atoms with Crippen LogP contribution in [0.25, 0.3) is 0 Å². The van der Waals surface area contributed by atoms with Crippen LogP contribution >= 0.6 is 0 Å². The number of nitrogens with one attached hydrogen (secondary N) is 1. The minimum absolute atomic E-state index is 0.0370. The van der Waals surface area contributed by atoms with Gasteiger partial charge >= 0.3 is 5.97 Å². The number of methoxy groups -OCH3 is 1. The standard InChI is InChI=1S/C17H16N2O7/c1-26-15-9-10(2-7-14(15)20)8-13(17(22)23)18-16(21)11-3-5-12(6-4-11)19(24)25/h2-7,9,13,20H,8H2,1H3,(H,18,21)(H,22,23). The number of phenols is 1. The van der Waals surface area contributed by atoms with E-state index in [1.165, 1.54) is 37.4 Å². The monoisotopic (exact) mass is 360 g/mol. The number of nitrogens with zero attached hydrogens (tertiary/aromatic N) is 1. The number of rotatable bonds is 7. The highest BCUT2D eigenvalue weighted by Crippen LogP contribution is 2.26. The predicted molar refractivity (Wildman–Crippen MR) is 90.3 cm³/mol. The molecule has 9 nitrogen and oxygen atoms in total. The first-order valence-electron chi connectivity index (χ1n) is 7.46. The number of aliphatic carboxylic acids is 1. The molecule has 0 aliphatic carbocycles. The maximum absolute atomic E-state index is 12.2. The second-order valence-corrected chi connectivity index (χ2v) is 5.38. The van der Waals surface area contributed by atoms with Gasteiger partial charge in [-0.2, -0.15) is 0 Å². The molecule has 0 fully saturated rings. The number of phenolic OH excluding ortho intramolecular Hbond substituents is 1. The minimum Gasteiger partial charge on any atom is -0.504 e. The molecule has 0 saturated heterocycles. The number of nitro groups is 1. The Labute approximate surface area is 148 Å². The normalized spacial score (nSPS) is 11.4. The Morgan fingerprint density at radius 2 is 1.88 bits per heavy atom. The van der Waals surface area contributed by atoms with Crippen LogP contribution in [0.4, 0.5) is 5.69 Å². The molecule has 9 heteroatoms. The summed E-state index contributed by atoms with van der Waals surface area (Å²) in [5, 5.41) is 31.9. The molecule has 0 heterocycles. The van der Waals surface area contributed by atoms with Crippen LogP contribution < -0.4 is 10.1 Å². The van der Waals surface area contributed by atoms with Crippen molar-refractivity contribution >= 4 is 17.6 Å². The summed E-state index contributed by atoms with van der Waals surface area (Å²) in [6.07, 6.45) is -0.0370. The number of benzene rings is 2. The van der Waals surface area contributed by atoms with Crippen LogP contribution in [0.3, 0.4) is 0 Å². The van der Waals surface area contributed by atoms with E-state index < -0.39 is 22.8 Å². The van der Waals surface area contributed by atoms with Crippen LogP contribution in [-0.2, 0) is 11.2 Å². The molecule has 2 aromatic carbocycles. The zero-order chi connectivity index (χ0) is 19.3. The second-order valence-electron chi connectivity index (χ2n) is 5.38. The van der Waals surface area contributed by atoms with Crippen molar-refractivity contribution in [1.82, 2.24) is 5.32 Å². The quantitative estimate of drug-likeness (QED) is 0.505. The molecule has 0 spiro atoms. The van der Waals surface area contributed by atoms with Crippen molar-refractivity contribution in [1.29, 1.82) is 0 Å². The summed E-state index contributed by atoms with van der Waals surface area (Å²) < 4.78 is 4.97. The van der Waals surface area contributed by atoms with E-state index in [1.54, 1.807) is 0 Å². The van der Waals surface area contributed by atoms with Crippen molar-refractivity contribution in [2.75, 3.05) is 7.11 Å². The average Bonchev–Trinajstić information content (AvgIpc) is 2.62. The van der Waals surface area contributed by atoms with Crippen molar-refractivity contribution in [2.24, 2.45) is 0 Å². The Balaban J connectivity index is 2.13. The molecular formula is C17H16N2O7. The highest BCUT2D eigenvalue weighted by Gasteiger charge is 2.22. The number of amides is 1. The molecule has 0 bridgehead atoms. The molecule has 1 amide bonds. The lowest BCUT2D eigenvalue weighted by Crippen LogP contribution is -2.42. The van der Waals surface area contributed by atoms with E-state index >= 15 is 0 Å². The van der Waals surface area contributed by atoms with Gasteiger partial charge in [0.05, 0.1) is 12.0 Å². The smallest absolute Gasteiger partial charge is 0.326 e. The van der Waals surface area contributed by atoms with Crippen molar-refractivity contribution < 1.29 is 29.5 Å². The maximum atomic E-state index is 12.2. The summed E-state index contributed by atoms with van der Waals surface area (Å²) >= 11 is 0. The first-order chi connectivity index (χ1) is 12.3. The molecule has 3 N–H and O–H groups in total. The zero-order valence-electron chi connectivity index (χ0n) is 13.7. The Kier molecular flexibility index (Phi) is 5.74. The topological polar surface area (TPSA) is 139 Å². The number of ether oxygens (including phenoxy) is 1.